The standard InChI is InChI=1S/C16H26N2O/c1-13-11-14(2)15(16(12-13)19-3)5-9-18-8-4-6-17-7-10-18/h11-12,17H,4-10H2,1-3H3. The zero-order valence-electron chi connectivity index (χ0n) is 12.5. The Balaban J connectivity index is 2.02. The highest BCUT2D eigenvalue weighted by atomic mass is 16.5. The van der Waals surface area contributed by atoms with E-state index in [2.05, 4.69) is 36.2 Å². The first-order valence-electron chi connectivity index (χ1n) is 7.28. The number of benzene rings is 1. The number of hydrogen-bond acceptors (Lipinski definition) is 3. The molecule has 3 heteroatoms. The van der Waals surface area contributed by atoms with Gasteiger partial charge >= 0.3 is 0 Å². The Bertz CT molecular complexity index is 409. The second kappa shape index (κ2) is 6.92. The van der Waals surface area contributed by atoms with Gasteiger partial charge in [0.1, 0.15) is 5.75 Å². The first kappa shape index (κ1) is 14.4. The number of methoxy groups -OCH3 is 1. The minimum absolute atomic E-state index is 1.05. The summed E-state index contributed by atoms with van der Waals surface area (Å²) in [5, 5.41) is 3.45. The van der Waals surface area contributed by atoms with Gasteiger partial charge in [-0.15, -0.1) is 0 Å². The minimum Gasteiger partial charge on any atom is -0.496 e. The second-order valence-corrected chi connectivity index (χ2v) is 5.46. The van der Waals surface area contributed by atoms with Crippen LogP contribution in [-0.4, -0.2) is 44.7 Å². The van der Waals surface area contributed by atoms with E-state index in [1.807, 2.05) is 0 Å². The molecule has 1 fully saturated rings. The van der Waals surface area contributed by atoms with Crippen molar-refractivity contribution in [3.8, 4) is 5.75 Å². The molecule has 0 saturated carbocycles. The van der Waals surface area contributed by atoms with Crippen molar-refractivity contribution in [1.82, 2.24) is 10.2 Å². The molecule has 0 amide bonds. The highest BCUT2D eigenvalue weighted by Gasteiger charge is 2.12. The largest absolute Gasteiger partial charge is 0.496 e. The van der Waals surface area contributed by atoms with E-state index >= 15 is 0 Å². The van der Waals surface area contributed by atoms with Gasteiger partial charge in [0, 0.05) is 19.6 Å². The first-order chi connectivity index (χ1) is 9.20. The van der Waals surface area contributed by atoms with Crippen molar-refractivity contribution in [2.45, 2.75) is 26.7 Å². The molecular formula is C16H26N2O. The van der Waals surface area contributed by atoms with Crippen LogP contribution in [0.25, 0.3) is 0 Å². The first-order valence-corrected chi connectivity index (χ1v) is 7.28. The maximum absolute atomic E-state index is 5.54. The summed E-state index contributed by atoms with van der Waals surface area (Å²) in [7, 11) is 1.77. The lowest BCUT2D eigenvalue weighted by Crippen LogP contribution is -2.30. The molecule has 1 aromatic carbocycles. The smallest absolute Gasteiger partial charge is 0.122 e. The van der Waals surface area contributed by atoms with Crippen molar-refractivity contribution in [3.63, 3.8) is 0 Å². The Kier molecular flexibility index (Phi) is 5.23. The van der Waals surface area contributed by atoms with Gasteiger partial charge in [0.25, 0.3) is 0 Å². The summed E-state index contributed by atoms with van der Waals surface area (Å²) < 4.78 is 5.54. The van der Waals surface area contributed by atoms with Crippen molar-refractivity contribution in [3.05, 3.63) is 28.8 Å². The fraction of sp³-hybridized carbons (Fsp3) is 0.625. The number of aryl methyl sites for hydroxylation is 2. The third kappa shape index (κ3) is 3.95. The molecule has 0 spiro atoms. The summed E-state index contributed by atoms with van der Waals surface area (Å²) in [5.74, 6) is 1.05. The maximum atomic E-state index is 5.54. The average molecular weight is 262 g/mol. The number of ether oxygens (including phenoxy) is 1. The van der Waals surface area contributed by atoms with Crippen LogP contribution < -0.4 is 10.1 Å². The van der Waals surface area contributed by atoms with Crippen LogP contribution >= 0.6 is 0 Å². The lowest BCUT2D eigenvalue weighted by atomic mass is 10.0. The Labute approximate surface area is 116 Å². The third-order valence-electron chi connectivity index (χ3n) is 3.91. The van der Waals surface area contributed by atoms with E-state index in [-0.39, 0.29) is 0 Å². The Morgan fingerprint density at radius 1 is 1.21 bits per heavy atom. The topological polar surface area (TPSA) is 24.5 Å². The molecule has 1 aromatic rings. The Morgan fingerprint density at radius 2 is 2.05 bits per heavy atom. The van der Waals surface area contributed by atoms with Crippen LogP contribution in [0.3, 0.4) is 0 Å². The van der Waals surface area contributed by atoms with Crippen molar-refractivity contribution >= 4 is 0 Å². The van der Waals surface area contributed by atoms with E-state index < -0.39 is 0 Å². The fourth-order valence-corrected chi connectivity index (χ4v) is 2.86. The van der Waals surface area contributed by atoms with Gasteiger partial charge in [0.15, 0.2) is 0 Å². The average Bonchev–Trinajstić information content (AvgIpc) is 2.65. The minimum atomic E-state index is 1.05. The zero-order valence-corrected chi connectivity index (χ0v) is 12.5. The van der Waals surface area contributed by atoms with Crippen LogP contribution in [0.4, 0.5) is 0 Å². The van der Waals surface area contributed by atoms with Gasteiger partial charge in [-0.1, -0.05) is 6.07 Å². The molecule has 0 bridgehead atoms. The van der Waals surface area contributed by atoms with Crippen LogP contribution in [0.2, 0.25) is 0 Å². The van der Waals surface area contributed by atoms with Crippen molar-refractivity contribution < 1.29 is 4.74 Å². The van der Waals surface area contributed by atoms with Crippen molar-refractivity contribution in [2.24, 2.45) is 0 Å². The molecule has 0 atom stereocenters. The van der Waals surface area contributed by atoms with Gasteiger partial charge in [-0.3, -0.25) is 0 Å². The Hall–Kier alpha value is -1.06. The normalized spacial score (nSPS) is 17.2. The molecule has 106 valence electrons. The molecule has 1 saturated heterocycles. The van der Waals surface area contributed by atoms with Crippen LogP contribution in [0.5, 0.6) is 5.75 Å². The fourth-order valence-electron chi connectivity index (χ4n) is 2.86. The highest BCUT2D eigenvalue weighted by molar-refractivity contribution is 5.43. The number of rotatable bonds is 4. The third-order valence-corrected chi connectivity index (χ3v) is 3.91. The maximum Gasteiger partial charge on any atom is 0.122 e. The zero-order chi connectivity index (χ0) is 13.7. The van der Waals surface area contributed by atoms with Gasteiger partial charge in [0.2, 0.25) is 0 Å². The van der Waals surface area contributed by atoms with Gasteiger partial charge < -0.3 is 15.0 Å². The van der Waals surface area contributed by atoms with Crippen molar-refractivity contribution in [1.29, 1.82) is 0 Å². The molecular weight excluding hydrogens is 236 g/mol. The molecule has 0 radical (unpaired) electrons. The summed E-state index contributed by atoms with van der Waals surface area (Å²) in [4.78, 5) is 2.55. The van der Waals surface area contributed by atoms with Crippen LogP contribution in [0.15, 0.2) is 12.1 Å². The van der Waals surface area contributed by atoms with Crippen LogP contribution in [0.1, 0.15) is 23.1 Å². The molecule has 0 aromatic heterocycles. The van der Waals surface area contributed by atoms with E-state index in [9.17, 15) is 0 Å². The summed E-state index contributed by atoms with van der Waals surface area (Å²) >= 11 is 0. The summed E-state index contributed by atoms with van der Waals surface area (Å²) in [6, 6.07) is 4.40. The molecule has 0 aliphatic carbocycles. The van der Waals surface area contributed by atoms with Gasteiger partial charge in [-0.2, -0.15) is 0 Å². The molecule has 2 rings (SSSR count). The quantitative estimate of drug-likeness (QED) is 0.900. The molecule has 0 unspecified atom stereocenters. The van der Waals surface area contributed by atoms with E-state index in [0.29, 0.717) is 0 Å². The lowest BCUT2D eigenvalue weighted by molar-refractivity contribution is 0.294. The molecule has 1 aliphatic rings. The lowest BCUT2D eigenvalue weighted by Gasteiger charge is -2.21. The van der Waals surface area contributed by atoms with E-state index in [1.165, 1.54) is 29.7 Å². The highest BCUT2D eigenvalue weighted by Crippen LogP contribution is 2.24. The van der Waals surface area contributed by atoms with Crippen LogP contribution in [0, 0.1) is 13.8 Å². The summed E-state index contributed by atoms with van der Waals surface area (Å²) in [5.41, 5.74) is 3.99. The SMILES string of the molecule is COc1cc(C)cc(C)c1CCN1CCCNCC1. The predicted molar refractivity (Wildman–Crippen MR) is 80.1 cm³/mol. The number of hydrogen-bond donors (Lipinski definition) is 1. The second-order valence-electron chi connectivity index (χ2n) is 5.46. The van der Waals surface area contributed by atoms with Gasteiger partial charge in [0.05, 0.1) is 7.11 Å². The van der Waals surface area contributed by atoms with E-state index in [4.69, 9.17) is 4.74 Å². The predicted octanol–water partition coefficient (Wildman–Crippen LogP) is 2.15. The molecule has 1 N–H and O–H groups in total. The van der Waals surface area contributed by atoms with Gasteiger partial charge in [-0.05, 0) is 62.5 Å². The number of nitrogens with zero attached hydrogens (tertiary/aromatic N) is 1. The summed E-state index contributed by atoms with van der Waals surface area (Å²) in [6.45, 7) is 10.1. The van der Waals surface area contributed by atoms with E-state index in [0.717, 1.165) is 38.3 Å². The van der Waals surface area contributed by atoms with E-state index in [1.54, 1.807) is 7.11 Å². The summed E-state index contributed by atoms with van der Waals surface area (Å²) in [6.07, 6.45) is 2.33. The van der Waals surface area contributed by atoms with Gasteiger partial charge in [-0.25, -0.2) is 0 Å². The van der Waals surface area contributed by atoms with Crippen molar-refractivity contribution in [2.75, 3.05) is 39.8 Å². The molecule has 19 heavy (non-hydrogen) atoms. The monoisotopic (exact) mass is 262 g/mol. The molecule has 3 nitrogen and oxygen atoms in total. The molecule has 1 heterocycles. The molecule has 1 aliphatic heterocycles. The Morgan fingerprint density at radius 3 is 2.84 bits per heavy atom. The van der Waals surface area contributed by atoms with Crippen LogP contribution in [-0.2, 0) is 6.42 Å². The number of nitrogens with one attached hydrogen (secondary N) is 1.